The van der Waals surface area contributed by atoms with Crippen molar-refractivity contribution in [2.75, 3.05) is 13.7 Å². The highest BCUT2D eigenvalue weighted by molar-refractivity contribution is 7.17. The zero-order chi connectivity index (χ0) is 20.1. The molecule has 2 atom stereocenters. The number of hydrogen-bond acceptors (Lipinski definition) is 6. The van der Waals surface area contributed by atoms with Gasteiger partial charge >= 0.3 is 5.97 Å². The molecule has 0 radical (unpaired) electrons. The van der Waals surface area contributed by atoms with E-state index in [0.717, 1.165) is 35.6 Å². The molecule has 1 saturated carbocycles. The summed E-state index contributed by atoms with van der Waals surface area (Å²) in [7, 11) is 1.61. The second-order valence-electron chi connectivity index (χ2n) is 7.17. The van der Waals surface area contributed by atoms with E-state index < -0.39 is 5.97 Å². The number of amides is 1. The van der Waals surface area contributed by atoms with Gasteiger partial charge in [0.2, 0.25) is 0 Å². The van der Waals surface area contributed by atoms with E-state index in [9.17, 15) is 9.59 Å². The lowest BCUT2D eigenvalue weighted by Gasteiger charge is -2.29. The highest BCUT2D eigenvalue weighted by Crippen LogP contribution is 2.29. The smallest absolute Gasteiger partial charge is 0.350 e. The fourth-order valence-electron chi connectivity index (χ4n) is 3.42. The normalized spacial score (nSPS) is 19.1. The van der Waals surface area contributed by atoms with Crippen molar-refractivity contribution in [1.29, 1.82) is 0 Å². The number of carbonyl (C=O) groups excluding carboxylic acids is 2. The van der Waals surface area contributed by atoms with E-state index in [4.69, 9.17) is 9.47 Å². The first-order chi connectivity index (χ1) is 13.5. The second kappa shape index (κ2) is 9.19. The van der Waals surface area contributed by atoms with Crippen LogP contribution < -0.4 is 10.1 Å². The molecule has 1 aliphatic rings. The minimum Gasteiger partial charge on any atom is -0.497 e. The highest BCUT2D eigenvalue weighted by Gasteiger charge is 2.24. The number of benzene rings is 1. The Morgan fingerprint density at radius 2 is 1.93 bits per heavy atom. The number of esters is 1. The first-order valence-corrected chi connectivity index (χ1v) is 10.4. The fourth-order valence-corrected chi connectivity index (χ4v) is 4.38. The van der Waals surface area contributed by atoms with Gasteiger partial charge in [-0.25, -0.2) is 9.78 Å². The summed E-state index contributed by atoms with van der Waals surface area (Å²) in [5.74, 6) is 0.463. The molecule has 0 aliphatic heterocycles. The van der Waals surface area contributed by atoms with Gasteiger partial charge in [0.1, 0.15) is 15.6 Å². The van der Waals surface area contributed by atoms with Crippen molar-refractivity contribution in [3.8, 4) is 16.3 Å². The molecule has 0 bridgehead atoms. The molecule has 1 aliphatic carbocycles. The molecule has 28 heavy (non-hydrogen) atoms. The molecule has 150 valence electrons. The van der Waals surface area contributed by atoms with Gasteiger partial charge in [-0.3, -0.25) is 4.79 Å². The molecule has 1 aromatic carbocycles. The molecular formula is C21H26N2O4S. The number of thiazole rings is 1. The van der Waals surface area contributed by atoms with Gasteiger partial charge in [0.15, 0.2) is 6.61 Å². The Kier molecular flexibility index (Phi) is 6.67. The Morgan fingerprint density at radius 3 is 2.61 bits per heavy atom. The predicted molar refractivity (Wildman–Crippen MR) is 109 cm³/mol. The fraction of sp³-hybridized carbons (Fsp3) is 0.476. The monoisotopic (exact) mass is 402 g/mol. The molecule has 1 amide bonds. The van der Waals surface area contributed by atoms with Crippen molar-refractivity contribution in [2.24, 2.45) is 5.92 Å². The standard InChI is InChI=1S/C21H26N2O4S/c1-13-6-4-5-7-17(13)23-18(24)12-27-21(25)19-14(2)22-20(28-19)15-8-10-16(26-3)11-9-15/h8-11,13,17H,4-7,12H2,1-3H3,(H,23,24)/t13-,17+/m1/s1. The van der Waals surface area contributed by atoms with Gasteiger partial charge in [-0.1, -0.05) is 19.8 Å². The average molecular weight is 403 g/mol. The first-order valence-electron chi connectivity index (χ1n) is 9.56. The first kappa shape index (κ1) is 20.3. The minimum atomic E-state index is -0.512. The number of ether oxygens (including phenoxy) is 2. The lowest BCUT2D eigenvalue weighted by atomic mass is 9.86. The van der Waals surface area contributed by atoms with Crippen LogP contribution in [0.3, 0.4) is 0 Å². The Balaban J connectivity index is 1.58. The van der Waals surface area contributed by atoms with E-state index in [0.29, 0.717) is 16.5 Å². The van der Waals surface area contributed by atoms with Gasteiger partial charge < -0.3 is 14.8 Å². The van der Waals surface area contributed by atoms with E-state index in [-0.39, 0.29) is 18.6 Å². The zero-order valence-electron chi connectivity index (χ0n) is 16.5. The SMILES string of the molecule is COc1ccc(-c2nc(C)c(C(=O)OCC(=O)N[C@H]3CCCC[C@H]3C)s2)cc1. The van der Waals surface area contributed by atoms with Gasteiger partial charge in [0.25, 0.3) is 5.91 Å². The predicted octanol–water partition coefficient (Wildman–Crippen LogP) is 3.98. The summed E-state index contributed by atoms with van der Waals surface area (Å²) in [5, 5.41) is 3.72. The van der Waals surface area contributed by atoms with Crippen LogP contribution in [0.2, 0.25) is 0 Å². The second-order valence-corrected chi connectivity index (χ2v) is 8.17. The molecule has 1 aromatic heterocycles. The van der Waals surface area contributed by atoms with Gasteiger partial charge in [-0.2, -0.15) is 0 Å². The Hall–Kier alpha value is -2.41. The van der Waals surface area contributed by atoms with E-state index in [2.05, 4.69) is 17.2 Å². The Labute approximate surface area is 169 Å². The summed E-state index contributed by atoms with van der Waals surface area (Å²) in [5.41, 5.74) is 1.50. The average Bonchev–Trinajstić information content (AvgIpc) is 3.10. The summed E-state index contributed by atoms with van der Waals surface area (Å²) < 4.78 is 10.4. The van der Waals surface area contributed by atoms with Crippen LogP contribution in [0.5, 0.6) is 5.75 Å². The van der Waals surface area contributed by atoms with Crippen LogP contribution in [0.15, 0.2) is 24.3 Å². The van der Waals surface area contributed by atoms with Crippen molar-refractivity contribution >= 4 is 23.2 Å². The number of methoxy groups -OCH3 is 1. The molecule has 3 rings (SSSR count). The summed E-state index contributed by atoms with van der Waals surface area (Å²) in [6.07, 6.45) is 4.45. The molecule has 1 fully saturated rings. The molecule has 1 heterocycles. The number of rotatable bonds is 6. The van der Waals surface area contributed by atoms with Crippen molar-refractivity contribution in [1.82, 2.24) is 10.3 Å². The maximum Gasteiger partial charge on any atom is 0.350 e. The molecule has 0 unspecified atom stereocenters. The van der Waals surface area contributed by atoms with E-state index >= 15 is 0 Å². The van der Waals surface area contributed by atoms with Crippen LogP contribution in [0.1, 0.15) is 48.0 Å². The number of nitrogens with zero attached hydrogens (tertiary/aromatic N) is 1. The summed E-state index contributed by atoms with van der Waals surface area (Å²) in [4.78, 5) is 29.5. The number of carbonyl (C=O) groups is 2. The largest absolute Gasteiger partial charge is 0.497 e. The topological polar surface area (TPSA) is 77.5 Å². The maximum absolute atomic E-state index is 12.4. The lowest BCUT2D eigenvalue weighted by Crippen LogP contribution is -2.42. The summed E-state index contributed by atoms with van der Waals surface area (Å²) in [6.45, 7) is 3.65. The number of aryl methyl sites for hydroxylation is 1. The molecule has 0 spiro atoms. The zero-order valence-corrected chi connectivity index (χ0v) is 17.3. The quantitative estimate of drug-likeness (QED) is 0.740. The van der Waals surface area contributed by atoms with E-state index in [1.165, 1.54) is 17.8 Å². The lowest BCUT2D eigenvalue weighted by molar-refractivity contribution is -0.125. The van der Waals surface area contributed by atoms with Gasteiger partial charge in [0, 0.05) is 11.6 Å². The van der Waals surface area contributed by atoms with Crippen molar-refractivity contribution in [2.45, 2.75) is 45.6 Å². The Morgan fingerprint density at radius 1 is 1.21 bits per heavy atom. The third-order valence-electron chi connectivity index (χ3n) is 5.11. The van der Waals surface area contributed by atoms with Crippen LogP contribution in [-0.4, -0.2) is 36.6 Å². The number of aromatic nitrogens is 1. The van der Waals surface area contributed by atoms with Gasteiger partial charge in [-0.05, 0) is 49.9 Å². The molecule has 2 aromatic rings. The Bertz CT molecular complexity index is 831. The van der Waals surface area contributed by atoms with Crippen LogP contribution in [0.25, 0.3) is 10.6 Å². The number of nitrogens with one attached hydrogen (secondary N) is 1. The van der Waals surface area contributed by atoms with Crippen LogP contribution in [-0.2, 0) is 9.53 Å². The maximum atomic E-state index is 12.4. The van der Waals surface area contributed by atoms with Gasteiger partial charge in [0.05, 0.1) is 12.8 Å². The van der Waals surface area contributed by atoms with Crippen LogP contribution in [0, 0.1) is 12.8 Å². The third kappa shape index (κ3) is 4.90. The highest BCUT2D eigenvalue weighted by atomic mass is 32.1. The van der Waals surface area contributed by atoms with Crippen molar-refractivity contribution in [3.63, 3.8) is 0 Å². The molecule has 6 nitrogen and oxygen atoms in total. The molecule has 1 N–H and O–H groups in total. The van der Waals surface area contributed by atoms with Crippen LogP contribution in [0.4, 0.5) is 0 Å². The number of hydrogen-bond donors (Lipinski definition) is 1. The molecule has 7 heteroatoms. The van der Waals surface area contributed by atoms with Gasteiger partial charge in [-0.15, -0.1) is 11.3 Å². The molecular weight excluding hydrogens is 376 g/mol. The van der Waals surface area contributed by atoms with E-state index in [1.807, 2.05) is 24.3 Å². The summed E-state index contributed by atoms with van der Waals surface area (Å²) >= 11 is 1.26. The van der Waals surface area contributed by atoms with Crippen molar-refractivity contribution in [3.05, 3.63) is 34.8 Å². The minimum absolute atomic E-state index is 0.173. The third-order valence-corrected chi connectivity index (χ3v) is 6.30. The van der Waals surface area contributed by atoms with E-state index in [1.54, 1.807) is 14.0 Å². The van der Waals surface area contributed by atoms with Crippen molar-refractivity contribution < 1.29 is 19.1 Å². The van der Waals surface area contributed by atoms with Crippen LogP contribution >= 0.6 is 11.3 Å². The summed E-state index contributed by atoms with van der Waals surface area (Å²) in [6, 6.07) is 7.66. The molecule has 0 saturated heterocycles.